The molecular weight excluding hydrogens is 348 g/mol. The van der Waals surface area contributed by atoms with Crippen LogP contribution < -0.4 is 11.3 Å². The highest BCUT2D eigenvalue weighted by molar-refractivity contribution is 6.02. The minimum absolute atomic E-state index is 0.0857. The molecule has 0 aromatic heterocycles. The van der Waals surface area contributed by atoms with Gasteiger partial charge < -0.3 is 0 Å². The van der Waals surface area contributed by atoms with Gasteiger partial charge in [0.15, 0.2) is 0 Å². The lowest BCUT2D eigenvalue weighted by atomic mass is 9.44. The molecule has 8 rings (SSSR count). The highest BCUT2D eigenvalue weighted by Crippen LogP contribution is 2.65. The first-order valence-electron chi connectivity index (χ1n) is 12.0. The molecule has 8 aliphatic carbocycles. The molecule has 8 aliphatic rings. The normalized spacial score (nSPS) is 51.3. The molecule has 1 atom stereocenters. The monoisotopic (exact) mass is 384 g/mol. The number of hydrogen-bond acceptors (Lipinski definition) is 3. The fourth-order valence-electron chi connectivity index (χ4n) is 10.4. The van der Waals surface area contributed by atoms with E-state index >= 15 is 0 Å². The first-order chi connectivity index (χ1) is 13.5. The number of Topliss-reactive ketones (excluding diaryl/α,β-unsaturated/α-hetero) is 1. The average Bonchev–Trinajstić information content (AvgIpc) is 2.58. The van der Waals surface area contributed by atoms with Crippen LogP contribution in [-0.2, 0) is 9.59 Å². The second kappa shape index (κ2) is 6.06. The Hall–Kier alpha value is -0.900. The number of nitrogens with one attached hydrogen (secondary N) is 1. The number of rotatable bonds is 5. The van der Waals surface area contributed by atoms with Crippen LogP contribution >= 0.6 is 0 Å². The van der Waals surface area contributed by atoms with E-state index in [-0.39, 0.29) is 22.5 Å². The van der Waals surface area contributed by atoms with Gasteiger partial charge in [-0.3, -0.25) is 15.0 Å². The molecule has 4 heteroatoms. The summed E-state index contributed by atoms with van der Waals surface area (Å²) in [6.45, 7) is 0. The van der Waals surface area contributed by atoms with E-state index in [1.165, 1.54) is 57.8 Å². The smallest absolute Gasteiger partial charge is 0.245 e. The number of nitrogens with two attached hydrogens (primary N) is 1. The van der Waals surface area contributed by atoms with Crippen LogP contribution in [0.25, 0.3) is 0 Å². The van der Waals surface area contributed by atoms with Crippen LogP contribution in [0.4, 0.5) is 0 Å². The van der Waals surface area contributed by atoms with Crippen LogP contribution in [0.3, 0.4) is 0 Å². The number of amides is 1. The van der Waals surface area contributed by atoms with Gasteiger partial charge in [-0.15, -0.1) is 0 Å². The van der Waals surface area contributed by atoms with Gasteiger partial charge >= 0.3 is 0 Å². The highest BCUT2D eigenvalue weighted by Gasteiger charge is 2.59. The second-order valence-electron chi connectivity index (χ2n) is 12.3. The van der Waals surface area contributed by atoms with E-state index in [0.29, 0.717) is 6.42 Å². The summed E-state index contributed by atoms with van der Waals surface area (Å²) in [5.74, 6) is 9.98. The fourth-order valence-corrected chi connectivity index (χ4v) is 10.4. The number of hydrogen-bond donors (Lipinski definition) is 2. The zero-order valence-electron chi connectivity index (χ0n) is 17.1. The molecule has 1 unspecified atom stereocenters. The van der Waals surface area contributed by atoms with E-state index in [0.717, 1.165) is 54.8 Å². The van der Waals surface area contributed by atoms with Gasteiger partial charge in [0.05, 0.1) is 0 Å². The summed E-state index contributed by atoms with van der Waals surface area (Å²) in [5.41, 5.74) is 2.54. The van der Waals surface area contributed by atoms with E-state index in [4.69, 9.17) is 5.84 Å². The lowest BCUT2D eigenvalue weighted by molar-refractivity contribution is -0.156. The number of hydrazine groups is 1. The van der Waals surface area contributed by atoms with E-state index in [2.05, 4.69) is 5.43 Å². The molecule has 154 valence electrons. The Labute approximate surface area is 168 Å². The molecule has 0 aromatic carbocycles. The Morgan fingerprint density at radius 2 is 1.14 bits per heavy atom. The van der Waals surface area contributed by atoms with Gasteiger partial charge in [-0.1, -0.05) is 0 Å². The maximum atomic E-state index is 13.8. The molecule has 8 bridgehead atoms. The van der Waals surface area contributed by atoms with Crippen molar-refractivity contribution in [2.45, 2.75) is 83.5 Å². The summed E-state index contributed by atoms with van der Waals surface area (Å²) in [7, 11) is 0. The predicted molar refractivity (Wildman–Crippen MR) is 107 cm³/mol. The minimum Gasteiger partial charge on any atom is -0.299 e. The highest BCUT2D eigenvalue weighted by atomic mass is 16.2. The van der Waals surface area contributed by atoms with Crippen LogP contribution in [0.5, 0.6) is 0 Å². The molecule has 8 saturated carbocycles. The van der Waals surface area contributed by atoms with Gasteiger partial charge in [-0.05, 0) is 123 Å². The van der Waals surface area contributed by atoms with Crippen LogP contribution in [-0.4, -0.2) is 11.7 Å². The third-order valence-electron chi connectivity index (χ3n) is 10.1. The van der Waals surface area contributed by atoms with Crippen molar-refractivity contribution in [2.75, 3.05) is 0 Å². The molecule has 0 heterocycles. The first kappa shape index (κ1) is 17.9. The molecule has 0 aromatic rings. The van der Waals surface area contributed by atoms with Gasteiger partial charge in [0.1, 0.15) is 11.7 Å². The van der Waals surface area contributed by atoms with Crippen LogP contribution in [0, 0.1) is 52.3 Å². The molecule has 0 aliphatic heterocycles. The molecule has 0 radical (unpaired) electrons. The lowest BCUT2D eigenvalue weighted by Crippen LogP contribution is -2.57. The summed E-state index contributed by atoms with van der Waals surface area (Å²) in [6.07, 6.45) is 15.8. The van der Waals surface area contributed by atoms with Crippen molar-refractivity contribution in [3.05, 3.63) is 0 Å². The van der Waals surface area contributed by atoms with Crippen LogP contribution in [0.15, 0.2) is 0 Å². The first-order valence-corrected chi connectivity index (χ1v) is 12.0. The van der Waals surface area contributed by atoms with Crippen molar-refractivity contribution < 1.29 is 9.59 Å². The zero-order valence-corrected chi connectivity index (χ0v) is 17.1. The van der Waals surface area contributed by atoms with Crippen molar-refractivity contribution in [1.82, 2.24) is 5.43 Å². The predicted octanol–water partition coefficient (Wildman–Crippen LogP) is 3.98. The van der Waals surface area contributed by atoms with Crippen molar-refractivity contribution in [3.63, 3.8) is 0 Å². The summed E-state index contributed by atoms with van der Waals surface area (Å²) in [5, 5.41) is 0. The van der Waals surface area contributed by atoms with E-state index in [1.807, 2.05) is 0 Å². The summed E-state index contributed by atoms with van der Waals surface area (Å²) >= 11 is 0. The maximum absolute atomic E-state index is 13.8. The van der Waals surface area contributed by atoms with Crippen LogP contribution in [0.1, 0.15) is 83.5 Å². The van der Waals surface area contributed by atoms with Crippen molar-refractivity contribution in [1.29, 1.82) is 0 Å². The van der Waals surface area contributed by atoms with Gasteiger partial charge in [0.2, 0.25) is 5.91 Å². The quantitative estimate of drug-likeness (QED) is 0.326. The van der Waals surface area contributed by atoms with Gasteiger partial charge in [0.25, 0.3) is 0 Å². The Balaban J connectivity index is 1.28. The fraction of sp³-hybridized carbons (Fsp3) is 0.917. The Morgan fingerprint density at radius 1 is 0.750 bits per heavy atom. The van der Waals surface area contributed by atoms with Gasteiger partial charge in [-0.2, -0.15) is 0 Å². The summed E-state index contributed by atoms with van der Waals surface area (Å²) in [4.78, 5) is 26.8. The Kier molecular flexibility index (Phi) is 3.88. The standard InChI is InChI=1S/C24H36N2O2/c25-26-22(28)21(24-10-17-4-18(11-24)6-19(5-17)12-24)20(27)13-23-7-14-1-15(8-23)3-16(2-14)9-23/h14-19,21H,1-13,25H2,(H,26,28). The van der Waals surface area contributed by atoms with Crippen LogP contribution in [0.2, 0.25) is 0 Å². The van der Waals surface area contributed by atoms with Crippen molar-refractivity contribution in [3.8, 4) is 0 Å². The van der Waals surface area contributed by atoms with E-state index < -0.39 is 5.92 Å². The lowest BCUT2D eigenvalue weighted by Gasteiger charge is -2.59. The Morgan fingerprint density at radius 3 is 1.54 bits per heavy atom. The Bertz CT molecular complexity index is 628. The number of ketones is 1. The SMILES string of the molecule is NNC(=O)C(C(=O)CC12CC3CC(CC(C3)C1)C2)C12CC3CC(CC(C3)C1)C2. The minimum atomic E-state index is -0.487. The molecule has 0 saturated heterocycles. The molecule has 4 nitrogen and oxygen atoms in total. The molecule has 3 N–H and O–H groups in total. The van der Waals surface area contributed by atoms with E-state index in [1.54, 1.807) is 0 Å². The third-order valence-corrected chi connectivity index (χ3v) is 10.1. The van der Waals surface area contributed by atoms with E-state index in [9.17, 15) is 9.59 Å². The summed E-state index contributed by atoms with van der Waals surface area (Å²) in [6, 6.07) is 0. The largest absolute Gasteiger partial charge is 0.299 e. The maximum Gasteiger partial charge on any atom is 0.245 e. The molecule has 8 fully saturated rings. The average molecular weight is 385 g/mol. The topological polar surface area (TPSA) is 72.2 Å². The number of carbonyl (C=O) groups excluding carboxylic acids is 2. The summed E-state index contributed by atoms with van der Waals surface area (Å²) < 4.78 is 0. The zero-order chi connectivity index (χ0) is 19.1. The van der Waals surface area contributed by atoms with Crippen molar-refractivity contribution in [2.24, 2.45) is 58.1 Å². The van der Waals surface area contributed by atoms with Gasteiger partial charge in [0, 0.05) is 6.42 Å². The number of carbonyl (C=O) groups is 2. The second-order valence-corrected chi connectivity index (χ2v) is 12.3. The van der Waals surface area contributed by atoms with Crippen molar-refractivity contribution >= 4 is 11.7 Å². The molecule has 28 heavy (non-hydrogen) atoms. The molecule has 0 spiro atoms. The van der Waals surface area contributed by atoms with Gasteiger partial charge in [-0.25, -0.2) is 5.84 Å². The molecular formula is C24H36N2O2. The molecule has 1 amide bonds. The third kappa shape index (κ3) is 2.66.